The maximum atomic E-state index is 14.4. The van der Waals surface area contributed by atoms with E-state index in [9.17, 15) is 9.50 Å². The zero-order chi connectivity index (χ0) is 24.1. The van der Waals surface area contributed by atoms with Crippen LogP contribution in [-0.2, 0) is 0 Å². The van der Waals surface area contributed by atoms with Crippen molar-refractivity contribution in [2.24, 2.45) is 0 Å². The molecule has 0 radical (unpaired) electrons. The second-order valence-corrected chi connectivity index (χ2v) is 9.01. The summed E-state index contributed by atoms with van der Waals surface area (Å²) in [6.07, 6.45) is 3.26. The average Bonchev–Trinajstić information content (AvgIpc) is 3.44. The highest BCUT2D eigenvalue weighted by atomic mass is 19.1. The number of piperidine rings is 1. The molecular formula is C23H29FN8O2. The van der Waals surface area contributed by atoms with E-state index >= 15 is 0 Å². The summed E-state index contributed by atoms with van der Waals surface area (Å²) in [5, 5.41) is 19.7. The van der Waals surface area contributed by atoms with Crippen molar-refractivity contribution >= 4 is 28.2 Å². The fourth-order valence-electron chi connectivity index (χ4n) is 4.72. The lowest BCUT2D eigenvalue weighted by molar-refractivity contribution is 0.131. The van der Waals surface area contributed by atoms with Gasteiger partial charge in [-0.1, -0.05) is 0 Å². The van der Waals surface area contributed by atoms with Gasteiger partial charge in [0.25, 0.3) is 0 Å². The Hall–Kier alpha value is -3.47. The number of anilines is 2. The second-order valence-electron chi connectivity index (χ2n) is 9.01. The zero-order valence-electron chi connectivity index (χ0n) is 19.7. The molecule has 0 saturated carbocycles. The van der Waals surface area contributed by atoms with Gasteiger partial charge in [0, 0.05) is 30.5 Å². The zero-order valence-corrected chi connectivity index (χ0v) is 19.7. The van der Waals surface area contributed by atoms with Crippen LogP contribution in [0.2, 0.25) is 0 Å². The first-order valence-electron chi connectivity index (χ1n) is 11.4. The molecule has 1 aliphatic rings. The minimum absolute atomic E-state index is 0.0723. The average molecular weight is 469 g/mol. The number of fused-ring (bicyclic) bond motifs is 3. The molecule has 0 spiro atoms. The van der Waals surface area contributed by atoms with Crippen molar-refractivity contribution in [1.82, 2.24) is 29.4 Å². The van der Waals surface area contributed by atoms with Gasteiger partial charge in [-0.3, -0.25) is 4.68 Å². The summed E-state index contributed by atoms with van der Waals surface area (Å²) < 4.78 is 22.8. The molecule has 4 aromatic rings. The summed E-state index contributed by atoms with van der Waals surface area (Å²) in [7, 11) is 1.41. The van der Waals surface area contributed by atoms with Gasteiger partial charge in [0.05, 0.1) is 42.4 Å². The lowest BCUT2D eigenvalue weighted by atomic mass is 9.97. The lowest BCUT2D eigenvalue weighted by Gasteiger charge is -2.33. The van der Waals surface area contributed by atoms with Crippen molar-refractivity contribution in [1.29, 1.82) is 0 Å². The van der Waals surface area contributed by atoms with Gasteiger partial charge in [0.2, 0.25) is 5.95 Å². The van der Waals surface area contributed by atoms with Gasteiger partial charge in [-0.25, -0.2) is 14.4 Å². The van der Waals surface area contributed by atoms with Gasteiger partial charge in [-0.15, -0.1) is 5.10 Å². The highest BCUT2D eigenvalue weighted by molar-refractivity contribution is 5.93. The summed E-state index contributed by atoms with van der Waals surface area (Å²) in [5.41, 5.74) is 9.20. The van der Waals surface area contributed by atoms with E-state index in [0.29, 0.717) is 22.4 Å². The third kappa shape index (κ3) is 3.60. The van der Waals surface area contributed by atoms with Gasteiger partial charge in [-0.2, -0.15) is 9.61 Å². The largest absolute Gasteiger partial charge is 0.494 e. The quantitative estimate of drug-likeness (QED) is 0.459. The van der Waals surface area contributed by atoms with E-state index in [1.807, 2.05) is 24.7 Å². The monoisotopic (exact) mass is 468 g/mol. The van der Waals surface area contributed by atoms with Crippen LogP contribution in [-0.4, -0.2) is 60.8 Å². The first kappa shape index (κ1) is 22.3. The number of benzene rings is 1. The minimum Gasteiger partial charge on any atom is -0.494 e. The van der Waals surface area contributed by atoms with Crippen molar-refractivity contribution in [3.63, 3.8) is 0 Å². The minimum atomic E-state index is -0.499. The molecule has 0 unspecified atom stereocenters. The third-order valence-electron chi connectivity index (χ3n) is 6.82. The normalized spacial score (nSPS) is 18.5. The summed E-state index contributed by atoms with van der Waals surface area (Å²) >= 11 is 0. The van der Waals surface area contributed by atoms with Gasteiger partial charge in [0.15, 0.2) is 23.0 Å². The number of hydrogen-bond donors (Lipinski definition) is 2. The van der Waals surface area contributed by atoms with E-state index in [-0.39, 0.29) is 23.7 Å². The number of aromatic nitrogens is 6. The Morgan fingerprint density at radius 1 is 1.26 bits per heavy atom. The van der Waals surface area contributed by atoms with Crippen LogP contribution < -0.4 is 15.4 Å². The molecule has 1 aliphatic heterocycles. The van der Waals surface area contributed by atoms with Crippen molar-refractivity contribution in [3.8, 4) is 5.75 Å². The molecule has 0 bridgehead atoms. The standard InChI is InChI=1S/C23H29FN8O2/c1-12(14(3)33)31-13(2)19(10-26-31)30-7-5-6-15(11-30)21-28-22-16-8-17(24)20(34-4)9-18(16)27-23(25)32(22)29-21/h8-10,12,14-15,33H,5-7,11H2,1-4H3,(H2,25,27)/t12-,14-,15-/m1/s1. The van der Waals surface area contributed by atoms with Crippen LogP contribution in [0, 0.1) is 12.7 Å². The molecule has 0 aliphatic carbocycles. The van der Waals surface area contributed by atoms with E-state index in [1.165, 1.54) is 23.8 Å². The molecule has 1 fully saturated rings. The Kier molecular flexibility index (Phi) is 5.51. The van der Waals surface area contributed by atoms with Gasteiger partial charge >= 0.3 is 0 Å². The van der Waals surface area contributed by atoms with Crippen LogP contribution in [0.15, 0.2) is 18.3 Å². The van der Waals surface area contributed by atoms with Crippen LogP contribution >= 0.6 is 0 Å². The number of nitrogens with two attached hydrogens (primary N) is 1. The maximum absolute atomic E-state index is 14.4. The van der Waals surface area contributed by atoms with E-state index < -0.39 is 11.9 Å². The number of hydrogen-bond acceptors (Lipinski definition) is 8. The summed E-state index contributed by atoms with van der Waals surface area (Å²) in [5.74, 6) is 0.530. The molecule has 1 saturated heterocycles. The molecule has 3 N–H and O–H groups in total. The molecule has 10 nitrogen and oxygen atoms in total. The number of rotatable bonds is 5. The Morgan fingerprint density at radius 3 is 2.79 bits per heavy atom. The van der Waals surface area contributed by atoms with Gasteiger partial charge < -0.3 is 20.5 Å². The topological polar surface area (TPSA) is 120 Å². The van der Waals surface area contributed by atoms with Crippen molar-refractivity contribution < 1.29 is 14.2 Å². The van der Waals surface area contributed by atoms with Crippen LogP contribution in [0.5, 0.6) is 5.75 Å². The highest BCUT2D eigenvalue weighted by Gasteiger charge is 2.28. The molecule has 5 rings (SSSR count). The first-order chi connectivity index (χ1) is 16.3. The van der Waals surface area contributed by atoms with E-state index in [1.54, 1.807) is 6.92 Å². The molecule has 3 aromatic heterocycles. The number of aliphatic hydroxyl groups is 1. The fourth-order valence-corrected chi connectivity index (χ4v) is 4.72. The van der Waals surface area contributed by atoms with Crippen LogP contribution in [0.4, 0.5) is 16.0 Å². The highest BCUT2D eigenvalue weighted by Crippen LogP contribution is 2.33. The number of nitrogens with zero attached hydrogens (tertiary/aromatic N) is 7. The number of ether oxygens (including phenoxy) is 1. The summed E-state index contributed by atoms with van der Waals surface area (Å²) in [6, 6.07) is 2.77. The maximum Gasteiger partial charge on any atom is 0.223 e. The van der Waals surface area contributed by atoms with E-state index in [4.69, 9.17) is 15.5 Å². The molecule has 1 aromatic carbocycles. The SMILES string of the molecule is COc1cc2nc(N)n3nc([C@@H]4CCCN(c5cnn([C@H](C)[C@@H](C)O)c5C)C4)nc3c2cc1F. The van der Waals surface area contributed by atoms with Crippen LogP contribution in [0.3, 0.4) is 0 Å². The summed E-state index contributed by atoms with van der Waals surface area (Å²) in [6.45, 7) is 7.37. The van der Waals surface area contributed by atoms with Gasteiger partial charge in [0.1, 0.15) is 0 Å². The molecule has 34 heavy (non-hydrogen) atoms. The number of nitrogen functional groups attached to an aromatic ring is 1. The molecule has 180 valence electrons. The predicted molar refractivity (Wildman–Crippen MR) is 127 cm³/mol. The van der Waals surface area contributed by atoms with Crippen molar-refractivity contribution in [2.45, 2.75) is 51.7 Å². The Bertz CT molecular complexity index is 1360. The molecular weight excluding hydrogens is 439 g/mol. The number of methoxy groups -OCH3 is 1. The van der Waals surface area contributed by atoms with Crippen molar-refractivity contribution in [2.75, 3.05) is 30.8 Å². The molecule has 0 amide bonds. The first-order valence-corrected chi connectivity index (χ1v) is 11.4. The smallest absolute Gasteiger partial charge is 0.223 e. The number of halogens is 1. The van der Waals surface area contributed by atoms with Crippen LogP contribution in [0.1, 0.15) is 50.2 Å². The Balaban J connectivity index is 1.49. The Labute approximate surface area is 196 Å². The van der Waals surface area contributed by atoms with Crippen LogP contribution in [0.25, 0.3) is 16.6 Å². The predicted octanol–water partition coefficient (Wildman–Crippen LogP) is 2.84. The molecule has 11 heteroatoms. The van der Waals surface area contributed by atoms with E-state index in [0.717, 1.165) is 37.3 Å². The van der Waals surface area contributed by atoms with Crippen molar-refractivity contribution in [3.05, 3.63) is 35.7 Å². The second kappa shape index (κ2) is 8.39. The molecule has 3 atom stereocenters. The summed E-state index contributed by atoms with van der Waals surface area (Å²) in [4.78, 5) is 11.4. The van der Waals surface area contributed by atoms with Gasteiger partial charge in [-0.05, 0) is 39.7 Å². The fraction of sp³-hybridized carbons (Fsp3) is 0.478. The van der Waals surface area contributed by atoms with E-state index in [2.05, 4.69) is 20.1 Å². The lowest BCUT2D eigenvalue weighted by Crippen LogP contribution is -2.35. The third-order valence-corrected chi connectivity index (χ3v) is 6.82. The number of aliphatic hydroxyl groups excluding tert-OH is 1. The Morgan fingerprint density at radius 2 is 2.06 bits per heavy atom. The molecule has 4 heterocycles.